The Morgan fingerprint density at radius 3 is 2.22 bits per heavy atom. The van der Waals surface area contributed by atoms with Crippen LogP contribution in [0, 0.1) is 11.8 Å². The maximum Gasteiger partial charge on any atom is 0.243 e. The number of allylic oxidation sites excluding steroid dienone is 2. The number of benzene rings is 1. The van der Waals surface area contributed by atoms with Crippen LogP contribution in [0.5, 0.6) is 5.75 Å². The van der Waals surface area contributed by atoms with E-state index in [0.29, 0.717) is 25.0 Å². The molecule has 8 nitrogen and oxygen atoms in total. The lowest BCUT2D eigenvalue weighted by molar-refractivity contribution is -0.144. The highest BCUT2D eigenvalue weighted by molar-refractivity contribution is 6.05. The predicted octanol–water partition coefficient (Wildman–Crippen LogP) is 3.59. The Labute approximate surface area is 219 Å². The lowest BCUT2D eigenvalue weighted by atomic mass is 9.85. The Kier molecular flexibility index (Phi) is 9.00. The van der Waals surface area contributed by atoms with Crippen molar-refractivity contribution in [1.82, 2.24) is 15.1 Å². The number of amides is 4. The Bertz CT molecular complexity index is 989. The van der Waals surface area contributed by atoms with Crippen molar-refractivity contribution < 1.29 is 23.9 Å². The second-order valence-electron chi connectivity index (χ2n) is 10.4. The van der Waals surface area contributed by atoms with Crippen molar-refractivity contribution in [3.63, 3.8) is 0 Å². The van der Waals surface area contributed by atoms with Crippen molar-refractivity contribution in [3.8, 4) is 5.75 Å². The molecule has 1 saturated carbocycles. The second kappa shape index (κ2) is 12.4. The molecule has 2 fully saturated rings. The fourth-order valence-electron chi connectivity index (χ4n) is 5.83. The van der Waals surface area contributed by atoms with E-state index in [1.807, 2.05) is 43.3 Å². The van der Waals surface area contributed by atoms with Gasteiger partial charge in [-0.15, -0.1) is 0 Å². The molecule has 8 heteroatoms. The normalized spacial score (nSPS) is 22.5. The summed E-state index contributed by atoms with van der Waals surface area (Å²) in [5.41, 5.74) is 0.878. The highest BCUT2D eigenvalue weighted by Gasteiger charge is 2.47. The number of methoxy groups -OCH3 is 1. The van der Waals surface area contributed by atoms with Gasteiger partial charge in [-0.25, -0.2) is 0 Å². The van der Waals surface area contributed by atoms with E-state index in [0.717, 1.165) is 31.2 Å². The molecular formula is C29H39N3O5. The average Bonchev–Trinajstić information content (AvgIpc) is 3.17. The molecule has 3 atom stereocenters. The van der Waals surface area contributed by atoms with E-state index < -0.39 is 6.04 Å². The first-order valence-corrected chi connectivity index (χ1v) is 13.7. The number of rotatable bonds is 10. The molecule has 200 valence electrons. The highest BCUT2D eigenvalue weighted by Crippen LogP contribution is 2.35. The van der Waals surface area contributed by atoms with Crippen molar-refractivity contribution in [1.29, 1.82) is 0 Å². The fourth-order valence-corrected chi connectivity index (χ4v) is 5.83. The summed E-state index contributed by atoms with van der Waals surface area (Å²) in [5.74, 6) is -0.658. The maximum atomic E-state index is 13.6. The summed E-state index contributed by atoms with van der Waals surface area (Å²) in [5, 5.41) is 3.18. The molecule has 0 bridgehead atoms. The molecule has 1 saturated heterocycles. The molecule has 1 heterocycles. The van der Waals surface area contributed by atoms with Gasteiger partial charge in [-0.1, -0.05) is 50.5 Å². The smallest absolute Gasteiger partial charge is 0.243 e. The van der Waals surface area contributed by atoms with Crippen molar-refractivity contribution in [3.05, 3.63) is 42.0 Å². The van der Waals surface area contributed by atoms with Crippen LogP contribution in [-0.4, -0.2) is 59.2 Å². The van der Waals surface area contributed by atoms with Gasteiger partial charge in [-0.3, -0.25) is 24.1 Å². The summed E-state index contributed by atoms with van der Waals surface area (Å²) >= 11 is 0. The molecule has 4 rings (SSSR count). The molecular weight excluding hydrogens is 470 g/mol. The number of carbonyl (C=O) groups excluding carboxylic acids is 4. The summed E-state index contributed by atoms with van der Waals surface area (Å²) < 4.78 is 5.25. The topological polar surface area (TPSA) is 96.0 Å². The van der Waals surface area contributed by atoms with E-state index in [-0.39, 0.29) is 61.0 Å². The molecule has 0 radical (unpaired) electrons. The molecule has 0 spiro atoms. The van der Waals surface area contributed by atoms with Crippen LogP contribution in [0.2, 0.25) is 0 Å². The van der Waals surface area contributed by atoms with Crippen LogP contribution >= 0.6 is 0 Å². The van der Waals surface area contributed by atoms with Gasteiger partial charge in [0.1, 0.15) is 11.8 Å². The van der Waals surface area contributed by atoms with Gasteiger partial charge in [-0.05, 0) is 49.8 Å². The molecule has 1 N–H and O–H groups in total. The van der Waals surface area contributed by atoms with Crippen LogP contribution in [-0.2, 0) is 25.7 Å². The number of likely N-dealkylation sites (tertiary alicyclic amines) is 1. The van der Waals surface area contributed by atoms with Gasteiger partial charge in [0.15, 0.2) is 0 Å². The zero-order valence-electron chi connectivity index (χ0n) is 22.0. The van der Waals surface area contributed by atoms with Gasteiger partial charge >= 0.3 is 0 Å². The summed E-state index contributed by atoms with van der Waals surface area (Å²) in [6.07, 6.45) is 10.8. The number of ether oxygens (including phenoxy) is 1. The number of nitrogens with one attached hydrogen (secondary N) is 1. The second-order valence-corrected chi connectivity index (χ2v) is 10.4. The van der Waals surface area contributed by atoms with Gasteiger partial charge in [0.25, 0.3) is 0 Å². The maximum absolute atomic E-state index is 13.6. The zero-order valence-corrected chi connectivity index (χ0v) is 22.0. The molecule has 1 unspecified atom stereocenters. The number of carbonyl (C=O) groups is 4. The zero-order chi connectivity index (χ0) is 26.4. The van der Waals surface area contributed by atoms with Crippen LogP contribution in [0.15, 0.2) is 36.4 Å². The molecule has 2 aliphatic carbocycles. The van der Waals surface area contributed by atoms with Gasteiger partial charge in [0.05, 0.1) is 18.9 Å². The summed E-state index contributed by atoms with van der Waals surface area (Å²) in [7, 11) is 1.60. The Morgan fingerprint density at radius 2 is 1.65 bits per heavy atom. The van der Waals surface area contributed by atoms with Crippen LogP contribution in [0.4, 0.5) is 0 Å². The van der Waals surface area contributed by atoms with Crippen molar-refractivity contribution in [2.45, 2.75) is 83.3 Å². The van der Waals surface area contributed by atoms with E-state index >= 15 is 0 Å². The minimum Gasteiger partial charge on any atom is -0.497 e. The fraction of sp³-hybridized carbons (Fsp3) is 0.586. The van der Waals surface area contributed by atoms with Gasteiger partial charge in [-0.2, -0.15) is 0 Å². The van der Waals surface area contributed by atoms with E-state index in [2.05, 4.69) is 5.32 Å². The van der Waals surface area contributed by atoms with E-state index in [1.54, 1.807) is 12.0 Å². The third-order valence-corrected chi connectivity index (χ3v) is 8.00. The lowest BCUT2D eigenvalue weighted by Crippen LogP contribution is -2.52. The van der Waals surface area contributed by atoms with Crippen molar-refractivity contribution in [2.24, 2.45) is 11.8 Å². The summed E-state index contributed by atoms with van der Waals surface area (Å²) in [6.45, 7) is 2.21. The van der Waals surface area contributed by atoms with E-state index in [4.69, 9.17) is 4.74 Å². The molecule has 1 aromatic rings. The van der Waals surface area contributed by atoms with Gasteiger partial charge in [0.2, 0.25) is 23.6 Å². The number of hydrogen-bond acceptors (Lipinski definition) is 5. The minimum atomic E-state index is -0.631. The Morgan fingerprint density at radius 1 is 1.03 bits per heavy atom. The number of nitrogens with zero attached hydrogens (tertiary/aromatic N) is 2. The first-order valence-electron chi connectivity index (χ1n) is 13.7. The summed E-state index contributed by atoms with van der Waals surface area (Å²) in [4.78, 5) is 55.6. The largest absolute Gasteiger partial charge is 0.497 e. The molecule has 37 heavy (non-hydrogen) atoms. The first-order chi connectivity index (χ1) is 17.9. The minimum absolute atomic E-state index is 0.00624. The van der Waals surface area contributed by atoms with Crippen LogP contribution in [0.25, 0.3) is 0 Å². The predicted molar refractivity (Wildman–Crippen MR) is 139 cm³/mol. The quantitative estimate of drug-likeness (QED) is 0.384. The van der Waals surface area contributed by atoms with E-state index in [9.17, 15) is 19.2 Å². The van der Waals surface area contributed by atoms with Crippen molar-refractivity contribution >= 4 is 23.6 Å². The number of imide groups is 1. The standard InChI is InChI=1S/C29H39N3O5/c1-3-25(27(34)30-21-9-5-4-6-10-21)32(19-20-13-15-22(37-2)16-14-20)26(33)17-18-31-28(35)23-11-7-8-12-24(23)29(31)36/h7-8,13-16,21,23-25H,3-6,9-12,17-19H2,1-2H3,(H,30,34)/t23-,24+,25?. The van der Waals surface area contributed by atoms with Crippen molar-refractivity contribution in [2.75, 3.05) is 13.7 Å². The SMILES string of the molecule is CCC(C(=O)NC1CCCCC1)N(Cc1ccc(OC)cc1)C(=O)CCN1C(=O)[C@H]2CC=CC[C@H]2C1=O. The summed E-state index contributed by atoms with van der Waals surface area (Å²) in [6, 6.07) is 6.95. The van der Waals surface area contributed by atoms with E-state index in [1.165, 1.54) is 11.3 Å². The lowest BCUT2D eigenvalue weighted by Gasteiger charge is -2.33. The molecule has 1 aliphatic heterocycles. The molecule has 0 aromatic heterocycles. The van der Waals surface area contributed by atoms with Crippen LogP contribution in [0.1, 0.15) is 70.3 Å². The van der Waals surface area contributed by atoms with Gasteiger partial charge < -0.3 is 15.0 Å². The average molecular weight is 510 g/mol. The third-order valence-electron chi connectivity index (χ3n) is 8.00. The molecule has 3 aliphatic rings. The number of hydrogen-bond donors (Lipinski definition) is 1. The Hall–Kier alpha value is -3.16. The highest BCUT2D eigenvalue weighted by atomic mass is 16.5. The first kappa shape index (κ1) is 26.9. The third kappa shape index (κ3) is 6.22. The Balaban J connectivity index is 1.48. The van der Waals surface area contributed by atoms with Crippen LogP contribution < -0.4 is 10.1 Å². The van der Waals surface area contributed by atoms with Crippen LogP contribution in [0.3, 0.4) is 0 Å². The molecule has 4 amide bonds. The molecule has 1 aromatic carbocycles. The van der Waals surface area contributed by atoms with Gasteiger partial charge in [0, 0.05) is 25.6 Å². The monoisotopic (exact) mass is 509 g/mol. The number of fused-ring (bicyclic) bond motifs is 1.